The van der Waals surface area contributed by atoms with Crippen molar-refractivity contribution in [3.05, 3.63) is 46.1 Å². The molecule has 0 bridgehead atoms. The van der Waals surface area contributed by atoms with Crippen LogP contribution < -0.4 is 0 Å². The predicted octanol–water partition coefficient (Wildman–Crippen LogP) is 3.32. The third-order valence-electron chi connectivity index (χ3n) is 2.75. The molecule has 0 aliphatic rings. The van der Waals surface area contributed by atoms with Crippen LogP contribution in [0.2, 0.25) is 0 Å². The number of aromatic nitrogens is 2. The first kappa shape index (κ1) is 15.5. The van der Waals surface area contributed by atoms with Gasteiger partial charge in [0, 0.05) is 33.3 Å². The van der Waals surface area contributed by atoms with Gasteiger partial charge in [-0.05, 0) is 18.2 Å². The second-order valence-electron chi connectivity index (χ2n) is 4.15. The number of nitrogens with zero attached hydrogens (tertiary/aromatic N) is 2. The van der Waals surface area contributed by atoms with Crippen LogP contribution in [-0.2, 0) is 22.0 Å². The summed E-state index contributed by atoms with van der Waals surface area (Å²) in [5.74, 6) is 0.169. The number of benzene rings is 1. The molecule has 0 aliphatic carbocycles. The summed E-state index contributed by atoms with van der Waals surface area (Å²) in [5.41, 5.74) is 0.435. The largest absolute Gasteiger partial charge is 0.329 e. The third-order valence-corrected chi connectivity index (χ3v) is 4.42. The average Bonchev–Trinajstić information content (AvgIpc) is 2.77. The van der Waals surface area contributed by atoms with Gasteiger partial charge in [0.25, 0.3) is 9.05 Å². The molecule has 108 valence electrons. The second kappa shape index (κ2) is 5.83. The van der Waals surface area contributed by atoms with E-state index >= 15 is 0 Å². The van der Waals surface area contributed by atoms with E-state index in [0.717, 1.165) is 4.47 Å². The molecule has 0 saturated heterocycles. The molecule has 2 aromatic rings. The number of hydrogen-bond donors (Lipinski definition) is 0. The molecule has 20 heavy (non-hydrogen) atoms. The van der Waals surface area contributed by atoms with Crippen molar-refractivity contribution < 1.29 is 12.8 Å². The first-order chi connectivity index (χ1) is 9.31. The molecule has 0 atom stereocenters. The zero-order valence-corrected chi connectivity index (χ0v) is 13.6. The lowest BCUT2D eigenvalue weighted by atomic mass is 10.2. The zero-order valence-electron chi connectivity index (χ0n) is 10.5. The third kappa shape index (κ3) is 3.39. The first-order valence-electron chi connectivity index (χ1n) is 5.76. The Morgan fingerprint density at radius 1 is 1.45 bits per heavy atom. The highest BCUT2D eigenvalue weighted by atomic mass is 79.9. The van der Waals surface area contributed by atoms with Crippen LogP contribution in [0.15, 0.2) is 33.9 Å². The molecule has 8 heteroatoms. The van der Waals surface area contributed by atoms with Gasteiger partial charge in [-0.2, -0.15) is 0 Å². The molecule has 1 heterocycles. The fourth-order valence-electron chi connectivity index (χ4n) is 1.81. The van der Waals surface area contributed by atoms with Gasteiger partial charge in [0.05, 0.1) is 6.54 Å². The monoisotopic (exact) mass is 380 g/mol. The lowest BCUT2D eigenvalue weighted by Gasteiger charge is -2.07. The molecule has 0 unspecified atom stereocenters. The topological polar surface area (TPSA) is 52.0 Å². The van der Waals surface area contributed by atoms with Gasteiger partial charge in [-0.15, -0.1) is 0 Å². The maximum absolute atomic E-state index is 13.7. The number of aryl methyl sites for hydroxylation is 1. The van der Waals surface area contributed by atoms with E-state index in [9.17, 15) is 12.8 Å². The van der Waals surface area contributed by atoms with Crippen molar-refractivity contribution >= 4 is 35.7 Å². The van der Waals surface area contributed by atoms with Crippen molar-refractivity contribution in [2.75, 3.05) is 0 Å². The molecule has 1 aromatic carbocycles. The van der Waals surface area contributed by atoms with E-state index in [2.05, 4.69) is 20.9 Å². The SMILES string of the molecule is CCc1nc(S(=O)(=O)Cl)cn1Cc1cc(Br)ccc1F. The van der Waals surface area contributed by atoms with E-state index in [0.29, 0.717) is 17.8 Å². The van der Waals surface area contributed by atoms with Crippen molar-refractivity contribution in [2.24, 2.45) is 0 Å². The van der Waals surface area contributed by atoms with Crippen LogP contribution in [0.4, 0.5) is 4.39 Å². The molecule has 2 rings (SSSR count). The minimum absolute atomic E-state index is 0.188. The molecular formula is C12H11BrClFN2O2S. The van der Waals surface area contributed by atoms with E-state index in [4.69, 9.17) is 10.7 Å². The maximum atomic E-state index is 13.7. The van der Waals surface area contributed by atoms with Crippen LogP contribution in [0.1, 0.15) is 18.3 Å². The average molecular weight is 382 g/mol. The van der Waals surface area contributed by atoms with E-state index in [1.54, 1.807) is 16.7 Å². The van der Waals surface area contributed by atoms with Crippen molar-refractivity contribution in [1.82, 2.24) is 9.55 Å². The minimum Gasteiger partial charge on any atom is -0.329 e. The van der Waals surface area contributed by atoms with Gasteiger partial charge >= 0.3 is 0 Å². The van der Waals surface area contributed by atoms with Crippen molar-refractivity contribution in [1.29, 1.82) is 0 Å². The molecule has 0 saturated carbocycles. The van der Waals surface area contributed by atoms with Gasteiger partial charge in [-0.3, -0.25) is 0 Å². The lowest BCUT2D eigenvalue weighted by Crippen LogP contribution is -2.05. The summed E-state index contributed by atoms with van der Waals surface area (Å²) >= 11 is 3.27. The van der Waals surface area contributed by atoms with Crippen LogP contribution in [0, 0.1) is 5.82 Å². The van der Waals surface area contributed by atoms with E-state index in [1.807, 2.05) is 6.92 Å². The molecule has 1 aromatic heterocycles. The van der Waals surface area contributed by atoms with Gasteiger partial charge in [-0.25, -0.2) is 17.8 Å². The molecule has 0 amide bonds. The van der Waals surface area contributed by atoms with Gasteiger partial charge < -0.3 is 4.57 Å². The molecule has 0 N–H and O–H groups in total. The van der Waals surface area contributed by atoms with Gasteiger partial charge in [0.1, 0.15) is 11.6 Å². The number of rotatable bonds is 4. The second-order valence-corrected chi connectivity index (χ2v) is 7.58. The summed E-state index contributed by atoms with van der Waals surface area (Å²) in [5, 5.41) is -0.216. The Bertz CT molecular complexity index is 746. The van der Waals surface area contributed by atoms with E-state index in [1.165, 1.54) is 12.3 Å². The lowest BCUT2D eigenvalue weighted by molar-refractivity contribution is 0.594. The molecule has 0 fully saturated rings. The highest BCUT2D eigenvalue weighted by molar-refractivity contribution is 9.10. The van der Waals surface area contributed by atoms with Crippen molar-refractivity contribution in [3.63, 3.8) is 0 Å². The van der Waals surface area contributed by atoms with E-state index < -0.39 is 9.05 Å². The van der Waals surface area contributed by atoms with Crippen molar-refractivity contribution in [3.8, 4) is 0 Å². The number of hydrogen-bond acceptors (Lipinski definition) is 3. The molecular weight excluding hydrogens is 371 g/mol. The summed E-state index contributed by atoms with van der Waals surface area (Å²) in [4.78, 5) is 3.96. The number of imidazole rings is 1. The van der Waals surface area contributed by atoms with E-state index in [-0.39, 0.29) is 17.4 Å². The standard InChI is InChI=1S/C12H11BrClFN2O2S/c1-2-11-16-12(20(14,18)19)7-17(11)6-8-5-9(13)3-4-10(8)15/h3-5,7H,2,6H2,1H3. The van der Waals surface area contributed by atoms with Crippen LogP contribution in [-0.4, -0.2) is 18.0 Å². The maximum Gasteiger partial charge on any atom is 0.280 e. The van der Waals surface area contributed by atoms with Crippen LogP contribution in [0.5, 0.6) is 0 Å². The normalized spacial score (nSPS) is 11.8. The Morgan fingerprint density at radius 3 is 2.75 bits per heavy atom. The van der Waals surface area contributed by atoms with Crippen LogP contribution in [0.25, 0.3) is 0 Å². The van der Waals surface area contributed by atoms with Crippen LogP contribution >= 0.6 is 26.6 Å². The fraction of sp³-hybridized carbons (Fsp3) is 0.250. The zero-order chi connectivity index (χ0) is 14.9. The van der Waals surface area contributed by atoms with Crippen LogP contribution in [0.3, 0.4) is 0 Å². The Morgan fingerprint density at radius 2 is 2.15 bits per heavy atom. The fourth-order valence-corrected chi connectivity index (χ4v) is 2.91. The molecule has 0 spiro atoms. The number of halogens is 3. The Kier molecular flexibility index (Phi) is 4.51. The smallest absolute Gasteiger partial charge is 0.280 e. The van der Waals surface area contributed by atoms with Gasteiger partial charge in [0.2, 0.25) is 0 Å². The highest BCUT2D eigenvalue weighted by Crippen LogP contribution is 2.20. The highest BCUT2D eigenvalue weighted by Gasteiger charge is 2.17. The summed E-state index contributed by atoms with van der Waals surface area (Å²) in [7, 11) is 1.39. The summed E-state index contributed by atoms with van der Waals surface area (Å²) in [6, 6.07) is 4.59. The summed E-state index contributed by atoms with van der Waals surface area (Å²) in [6.07, 6.45) is 1.84. The quantitative estimate of drug-likeness (QED) is 0.763. The van der Waals surface area contributed by atoms with Gasteiger partial charge in [-0.1, -0.05) is 22.9 Å². The minimum atomic E-state index is -3.89. The summed E-state index contributed by atoms with van der Waals surface area (Å²) in [6.45, 7) is 2.02. The Labute approximate surface area is 129 Å². The Balaban J connectivity index is 2.43. The molecule has 4 nitrogen and oxygen atoms in total. The van der Waals surface area contributed by atoms with Crippen molar-refractivity contribution in [2.45, 2.75) is 24.9 Å². The molecule has 0 radical (unpaired) electrons. The Hall–Kier alpha value is -0.920. The predicted molar refractivity (Wildman–Crippen MR) is 77.8 cm³/mol. The molecule has 0 aliphatic heterocycles. The summed E-state index contributed by atoms with van der Waals surface area (Å²) < 4.78 is 38.7. The van der Waals surface area contributed by atoms with Gasteiger partial charge in [0.15, 0.2) is 5.03 Å². The first-order valence-corrected chi connectivity index (χ1v) is 8.86.